The SMILES string of the molecule is CCc1cccc(Nc2nc(Nc3ccc(C)c(C)c3)nc(N3CCOCC3)n2)c1. The predicted octanol–water partition coefficient (Wildman–Crippen LogP) is 4.37. The first-order chi connectivity index (χ1) is 14.6. The number of ether oxygens (including phenoxy) is 1. The maximum Gasteiger partial charge on any atom is 0.233 e. The van der Waals surface area contributed by atoms with E-state index in [-0.39, 0.29) is 0 Å². The number of anilines is 5. The van der Waals surface area contributed by atoms with Crippen molar-refractivity contribution in [3.05, 3.63) is 59.2 Å². The molecule has 0 saturated carbocycles. The van der Waals surface area contributed by atoms with Crippen molar-refractivity contribution in [2.45, 2.75) is 27.2 Å². The molecule has 2 aromatic carbocycles. The van der Waals surface area contributed by atoms with Crippen LogP contribution < -0.4 is 15.5 Å². The quantitative estimate of drug-likeness (QED) is 0.632. The van der Waals surface area contributed by atoms with Crippen LogP contribution in [0.15, 0.2) is 42.5 Å². The van der Waals surface area contributed by atoms with Gasteiger partial charge in [0.25, 0.3) is 0 Å². The highest BCUT2D eigenvalue weighted by Gasteiger charge is 2.17. The van der Waals surface area contributed by atoms with Crippen LogP contribution >= 0.6 is 0 Å². The zero-order valence-electron chi connectivity index (χ0n) is 17.8. The number of nitrogens with zero attached hydrogens (tertiary/aromatic N) is 4. The van der Waals surface area contributed by atoms with Gasteiger partial charge in [0.1, 0.15) is 0 Å². The number of hydrogen-bond donors (Lipinski definition) is 2. The van der Waals surface area contributed by atoms with Gasteiger partial charge in [-0.1, -0.05) is 25.1 Å². The van der Waals surface area contributed by atoms with E-state index < -0.39 is 0 Å². The molecule has 0 aliphatic carbocycles. The summed E-state index contributed by atoms with van der Waals surface area (Å²) in [5.41, 5.74) is 5.65. The maximum atomic E-state index is 5.48. The van der Waals surface area contributed by atoms with Crippen molar-refractivity contribution in [1.29, 1.82) is 0 Å². The highest BCUT2D eigenvalue weighted by molar-refractivity contribution is 5.60. The van der Waals surface area contributed by atoms with Gasteiger partial charge in [-0.2, -0.15) is 15.0 Å². The topological polar surface area (TPSA) is 75.2 Å². The molecule has 1 saturated heterocycles. The smallest absolute Gasteiger partial charge is 0.233 e. The largest absolute Gasteiger partial charge is 0.378 e. The van der Waals surface area contributed by atoms with Gasteiger partial charge < -0.3 is 20.3 Å². The molecular weight excluding hydrogens is 376 g/mol. The van der Waals surface area contributed by atoms with E-state index in [4.69, 9.17) is 4.74 Å². The van der Waals surface area contributed by atoms with Crippen molar-refractivity contribution >= 4 is 29.2 Å². The molecule has 4 rings (SSSR count). The monoisotopic (exact) mass is 404 g/mol. The van der Waals surface area contributed by atoms with Crippen LogP contribution in [0.1, 0.15) is 23.6 Å². The van der Waals surface area contributed by atoms with E-state index in [1.807, 2.05) is 18.2 Å². The molecule has 0 bridgehead atoms. The molecule has 0 amide bonds. The number of hydrogen-bond acceptors (Lipinski definition) is 7. The normalized spacial score (nSPS) is 13.9. The molecular formula is C23H28N6O. The minimum absolute atomic E-state index is 0.517. The summed E-state index contributed by atoms with van der Waals surface area (Å²) in [6, 6.07) is 14.5. The van der Waals surface area contributed by atoms with Crippen LogP contribution in [-0.4, -0.2) is 41.3 Å². The van der Waals surface area contributed by atoms with Gasteiger partial charge in [0.2, 0.25) is 17.8 Å². The lowest BCUT2D eigenvalue weighted by molar-refractivity contribution is 0.122. The Morgan fingerprint density at radius 1 is 0.867 bits per heavy atom. The average Bonchev–Trinajstić information content (AvgIpc) is 2.77. The Balaban J connectivity index is 1.65. The third-order valence-corrected chi connectivity index (χ3v) is 5.27. The van der Waals surface area contributed by atoms with Crippen LogP contribution in [-0.2, 0) is 11.2 Å². The van der Waals surface area contributed by atoms with Crippen LogP contribution in [0.25, 0.3) is 0 Å². The van der Waals surface area contributed by atoms with Gasteiger partial charge >= 0.3 is 0 Å². The second kappa shape index (κ2) is 9.09. The Morgan fingerprint density at radius 2 is 1.57 bits per heavy atom. The number of morpholine rings is 1. The minimum atomic E-state index is 0.517. The third-order valence-electron chi connectivity index (χ3n) is 5.27. The van der Waals surface area contributed by atoms with Gasteiger partial charge in [-0.25, -0.2) is 0 Å². The Morgan fingerprint density at radius 3 is 2.23 bits per heavy atom. The van der Waals surface area contributed by atoms with Crippen molar-refractivity contribution in [1.82, 2.24) is 15.0 Å². The summed E-state index contributed by atoms with van der Waals surface area (Å²) in [4.78, 5) is 16.1. The fourth-order valence-electron chi connectivity index (χ4n) is 3.33. The van der Waals surface area contributed by atoms with E-state index in [0.717, 1.165) is 30.9 Å². The second-order valence-electron chi connectivity index (χ2n) is 7.49. The van der Waals surface area contributed by atoms with Crippen LogP contribution in [0, 0.1) is 13.8 Å². The molecule has 1 aromatic heterocycles. The highest BCUT2D eigenvalue weighted by atomic mass is 16.5. The van der Waals surface area contributed by atoms with E-state index in [1.165, 1.54) is 16.7 Å². The molecule has 1 fully saturated rings. The second-order valence-corrected chi connectivity index (χ2v) is 7.49. The van der Waals surface area contributed by atoms with Gasteiger partial charge in [-0.05, 0) is 61.2 Å². The van der Waals surface area contributed by atoms with Crippen molar-refractivity contribution in [3.63, 3.8) is 0 Å². The fourth-order valence-corrected chi connectivity index (χ4v) is 3.33. The Kier molecular flexibility index (Phi) is 6.09. The molecule has 0 radical (unpaired) electrons. The van der Waals surface area contributed by atoms with E-state index in [1.54, 1.807) is 0 Å². The Labute approximate surface area is 177 Å². The summed E-state index contributed by atoms with van der Waals surface area (Å²) in [5, 5.41) is 6.68. The average molecular weight is 405 g/mol. The molecule has 1 aliphatic rings. The fraction of sp³-hybridized carbons (Fsp3) is 0.348. The lowest BCUT2D eigenvalue weighted by atomic mass is 10.1. The number of aromatic nitrogens is 3. The van der Waals surface area contributed by atoms with Crippen molar-refractivity contribution in [3.8, 4) is 0 Å². The lowest BCUT2D eigenvalue weighted by Crippen LogP contribution is -2.37. The number of nitrogens with one attached hydrogen (secondary N) is 2. The first-order valence-electron chi connectivity index (χ1n) is 10.4. The maximum absolute atomic E-state index is 5.48. The molecule has 2 N–H and O–H groups in total. The summed E-state index contributed by atoms with van der Waals surface area (Å²) in [7, 11) is 0. The molecule has 0 spiro atoms. The van der Waals surface area contributed by atoms with Crippen molar-refractivity contribution in [2.75, 3.05) is 41.8 Å². The Bertz CT molecular complexity index is 1020. The molecule has 3 aromatic rings. The van der Waals surface area contributed by atoms with E-state index in [0.29, 0.717) is 31.1 Å². The van der Waals surface area contributed by atoms with E-state index in [9.17, 15) is 0 Å². The first kappa shape index (κ1) is 20.1. The molecule has 7 nitrogen and oxygen atoms in total. The zero-order chi connectivity index (χ0) is 20.9. The summed E-state index contributed by atoms with van der Waals surface area (Å²) in [6.07, 6.45) is 0.978. The number of rotatable bonds is 6. The van der Waals surface area contributed by atoms with Crippen LogP contribution in [0.4, 0.5) is 29.2 Å². The first-order valence-corrected chi connectivity index (χ1v) is 10.4. The molecule has 1 aliphatic heterocycles. The van der Waals surface area contributed by atoms with Gasteiger partial charge in [0.15, 0.2) is 0 Å². The van der Waals surface area contributed by atoms with E-state index in [2.05, 4.69) is 75.5 Å². The van der Waals surface area contributed by atoms with Crippen LogP contribution in [0.5, 0.6) is 0 Å². The zero-order valence-corrected chi connectivity index (χ0v) is 17.8. The van der Waals surface area contributed by atoms with Crippen LogP contribution in [0.2, 0.25) is 0 Å². The van der Waals surface area contributed by atoms with Crippen molar-refractivity contribution in [2.24, 2.45) is 0 Å². The van der Waals surface area contributed by atoms with Gasteiger partial charge in [-0.15, -0.1) is 0 Å². The molecule has 2 heterocycles. The molecule has 156 valence electrons. The molecule has 7 heteroatoms. The summed E-state index contributed by atoms with van der Waals surface area (Å²) < 4.78 is 5.48. The van der Waals surface area contributed by atoms with Gasteiger partial charge in [-0.3, -0.25) is 0 Å². The third kappa shape index (κ3) is 4.86. The van der Waals surface area contributed by atoms with Gasteiger partial charge in [0.05, 0.1) is 13.2 Å². The Hall–Kier alpha value is -3.19. The standard InChI is InChI=1S/C23H28N6O/c1-4-18-6-5-7-19(15-18)24-21-26-22(25-20-9-8-16(2)17(3)14-20)28-23(27-21)29-10-12-30-13-11-29/h5-9,14-15H,4,10-13H2,1-3H3,(H2,24,25,26,27,28). The minimum Gasteiger partial charge on any atom is -0.378 e. The van der Waals surface area contributed by atoms with Gasteiger partial charge in [0, 0.05) is 24.5 Å². The molecule has 0 atom stereocenters. The van der Waals surface area contributed by atoms with Crippen molar-refractivity contribution < 1.29 is 4.74 Å². The molecule has 0 unspecified atom stereocenters. The summed E-state index contributed by atoms with van der Waals surface area (Å²) in [5.74, 6) is 1.68. The predicted molar refractivity (Wildman–Crippen MR) is 121 cm³/mol. The van der Waals surface area contributed by atoms with Crippen LogP contribution in [0.3, 0.4) is 0 Å². The van der Waals surface area contributed by atoms with E-state index >= 15 is 0 Å². The lowest BCUT2D eigenvalue weighted by Gasteiger charge is -2.27. The molecule has 30 heavy (non-hydrogen) atoms. The summed E-state index contributed by atoms with van der Waals surface area (Å²) >= 11 is 0. The number of aryl methyl sites for hydroxylation is 3. The number of benzene rings is 2. The highest BCUT2D eigenvalue weighted by Crippen LogP contribution is 2.22. The summed E-state index contributed by atoms with van der Waals surface area (Å²) in [6.45, 7) is 9.21.